The Morgan fingerprint density at radius 3 is 2.60 bits per heavy atom. The molecule has 220 valence electrons. The fourth-order valence-corrected chi connectivity index (χ4v) is 7.37. The zero-order valence-electron chi connectivity index (χ0n) is 23.1. The Kier molecular flexibility index (Phi) is 8.97. The Morgan fingerprint density at radius 1 is 1.10 bits per heavy atom. The predicted octanol–water partition coefficient (Wildman–Crippen LogP) is 5.91. The molecule has 4 aromatic rings. The fourth-order valence-electron chi connectivity index (χ4n) is 4.74. The minimum absolute atomic E-state index is 0.114. The van der Waals surface area contributed by atoms with E-state index in [9.17, 15) is 13.2 Å². The summed E-state index contributed by atoms with van der Waals surface area (Å²) in [5.74, 6) is -0.398. The zero-order chi connectivity index (χ0) is 29.7. The maximum atomic E-state index is 16.1. The standard InChI is InChI=1S/C29H31FN6O4S2/c1-18(33-29(37)40-2)17-32-28-31-16-15-23(34-28)26-25(35-27(41-26)19-9-4-3-5-10-19)21-13-8-14-22(24(21)30)36-42(38,39)20-11-6-7-12-20/h3-5,8-10,13-16,18,20,36H,6-7,11-12,17H2,1-2H3,(H,33,37)(H,31,32,34)/t18-/m0/s1. The van der Waals surface area contributed by atoms with Crippen molar-refractivity contribution in [3.63, 3.8) is 0 Å². The molecule has 13 heteroatoms. The number of nitrogens with one attached hydrogen (secondary N) is 3. The predicted molar refractivity (Wildman–Crippen MR) is 162 cm³/mol. The van der Waals surface area contributed by atoms with Crippen molar-refractivity contribution in [3.05, 3.63) is 66.6 Å². The molecular formula is C29H31FN6O4S2. The summed E-state index contributed by atoms with van der Waals surface area (Å²) in [6.07, 6.45) is 3.85. The van der Waals surface area contributed by atoms with Gasteiger partial charge in [-0.1, -0.05) is 49.2 Å². The van der Waals surface area contributed by atoms with Crippen molar-refractivity contribution in [1.82, 2.24) is 20.3 Å². The Hall–Kier alpha value is -4.10. The van der Waals surface area contributed by atoms with E-state index >= 15 is 4.39 Å². The lowest BCUT2D eigenvalue weighted by molar-refractivity contribution is 0.168. The summed E-state index contributed by atoms with van der Waals surface area (Å²) in [7, 11) is -2.44. The van der Waals surface area contributed by atoms with Crippen molar-refractivity contribution in [1.29, 1.82) is 0 Å². The van der Waals surface area contributed by atoms with Crippen LogP contribution in [0.25, 0.3) is 32.4 Å². The highest BCUT2D eigenvalue weighted by Crippen LogP contribution is 2.42. The molecule has 10 nitrogen and oxygen atoms in total. The number of hydrogen-bond donors (Lipinski definition) is 3. The van der Waals surface area contributed by atoms with Crippen LogP contribution < -0.4 is 15.4 Å². The van der Waals surface area contributed by atoms with Gasteiger partial charge in [-0.2, -0.15) is 0 Å². The monoisotopic (exact) mass is 610 g/mol. The number of thiazole rings is 1. The van der Waals surface area contributed by atoms with Crippen LogP contribution in [0.1, 0.15) is 32.6 Å². The molecule has 0 saturated heterocycles. The number of ether oxygens (including phenoxy) is 1. The fraction of sp³-hybridized carbons (Fsp3) is 0.310. The molecule has 42 heavy (non-hydrogen) atoms. The number of halogens is 1. The third kappa shape index (κ3) is 6.68. The van der Waals surface area contributed by atoms with Gasteiger partial charge in [0.25, 0.3) is 0 Å². The molecule has 1 amide bonds. The molecule has 2 aromatic carbocycles. The van der Waals surface area contributed by atoms with Gasteiger partial charge < -0.3 is 15.4 Å². The van der Waals surface area contributed by atoms with Crippen LogP contribution >= 0.6 is 11.3 Å². The second-order valence-electron chi connectivity index (χ2n) is 9.97. The molecule has 3 N–H and O–H groups in total. The van der Waals surface area contributed by atoms with E-state index in [1.807, 2.05) is 30.3 Å². The zero-order valence-corrected chi connectivity index (χ0v) is 24.8. The van der Waals surface area contributed by atoms with E-state index < -0.39 is 27.2 Å². The smallest absolute Gasteiger partial charge is 0.407 e. The number of nitrogens with zero attached hydrogens (tertiary/aromatic N) is 3. The van der Waals surface area contributed by atoms with Crippen LogP contribution in [0.3, 0.4) is 0 Å². The van der Waals surface area contributed by atoms with E-state index in [1.165, 1.54) is 24.5 Å². The van der Waals surface area contributed by atoms with E-state index in [-0.39, 0.29) is 17.3 Å². The molecule has 0 bridgehead atoms. The van der Waals surface area contributed by atoms with Gasteiger partial charge in [0.2, 0.25) is 16.0 Å². The number of amides is 1. The van der Waals surface area contributed by atoms with Gasteiger partial charge in [-0.15, -0.1) is 11.3 Å². The summed E-state index contributed by atoms with van der Waals surface area (Å²) in [6, 6.07) is 15.6. The average Bonchev–Trinajstić information content (AvgIpc) is 3.70. The topological polar surface area (TPSA) is 135 Å². The number of carbonyl (C=O) groups is 1. The largest absolute Gasteiger partial charge is 0.453 e. The van der Waals surface area contributed by atoms with Gasteiger partial charge in [0.1, 0.15) is 5.01 Å². The number of aromatic nitrogens is 3. The minimum atomic E-state index is -3.73. The van der Waals surface area contributed by atoms with E-state index in [4.69, 9.17) is 4.98 Å². The van der Waals surface area contributed by atoms with Gasteiger partial charge in [-0.05, 0) is 38.0 Å². The maximum Gasteiger partial charge on any atom is 0.407 e. The molecule has 0 spiro atoms. The van der Waals surface area contributed by atoms with Crippen molar-refractivity contribution >= 4 is 39.1 Å². The third-order valence-electron chi connectivity index (χ3n) is 6.90. The minimum Gasteiger partial charge on any atom is -0.453 e. The number of rotatable bonds is 10. The highest BCUT2D eigenvalue weighted by atomic mass is 32.2. The number of sulfonamides is 1. The molecule has 2 heterocycles. The van der Waals surface area contributed by atoms with Gasteiger partial charge in [-0.3, -0.25) is 4.72 Å². The van der Waals surface area contributed by atoms with Crippen LogP contribution in [0.4, 0.5) is 20.8 Å². The first-order valence-electron chi connectivity index (χ1n) is 13.5. The first kappa shape index (κ1) is 29.4. The van der Waals surface area contributed by atoms with Crippen molar-refractivity contribution in [2.24, 2.45) is 0 Å². The Bertz CT molecular complexity index is 1660. The van der Waals surface area contributed by atoms with Gasteiger partial charge in [0, 0.05) is 29.9 Å². The highest BCUT2D eigenvalue weighted by Gasteiger charge is 2.30. The third-order valence-corrected chi connectivity index (χ3v) is 9.88. The summed E-state index contributed by atoms with van der Waals surface area (Å²) in [5.41, 5.74) is 1.73. The second-order valence-corrected chi connectivity index (χ2v) is 12.9. The van der Waals surface area contributed by atoms with Gasteiger partial charge >= 0.3 is 6.09 Å². The molecule has 0 radical (unpaired) electrons. The number of carbonyl (C=O) groups excluding carboxylic acids is 1. The van der Waals surface area contributed by atoms with Crippen LogP contribution in [0.5, 0.6) is 0 Å². The SMILES string of the molecule is COC(=O)N[C@@H](C)CNc1nccc(-c2sc(-c3ccccc3)nc2-c2cccc(NS(=O)(=O)C3CCCC3)c2F)n1. The molecule has 1 atom stereocenters. The van der Waals surface area contributed by atoms with E-state index in [0.717, 1.165) is 18.4 Å². The van der Waals surface area contributed by atoms with Gasteiger partial charge in [0.05, 0.1) is 34.3 Å². The van der Waals surface area contributed by atoms with Crippen molar-refractivity contribution in [2.45, 2.75) is 43.9 Å². The van der Waals surface area contributed by atoms with E-state index in [0.29, 0.717) is 46.6 Å². The van der Waals surface area contributed by atoms with Crippen LogP contribution in [0, 0.1) is 5.82 Å². The molecule has 5 rings (SSSR count). The summed E-state index contributed by atoms with van der Waals surface area (Å²) in [4.78, 5) is 25.8. The average molecular weight is 611 g/mol. The Balaban J connectivity index is 1.51. The summed E-state index contributed by atoms with van der Waals surface area (Å²) in [6.45, 7) is 2.14. The summed E-state index contributed by atoms with van der Waals surface area (Å²) >= 11 is 1.35. The lowest BCUT2D eigenvalue weighted by Crippen LogP contribution is -2.37. The number of hydrogen-bond acceptors (Lipinski definition) is 9. The molecule has 1 aliphatic rings. The molecule has 0 aliphatic heterocycles. The molecule has 1 saturated carbocycles. The Labute approximate surface area is 247 Å². The van der Waals surface area contributed by atoms with E-state index in [2.05, 4.69) is 30.1 Å². The number of anilines is 2. The lowest BCUT2D eigenvalue weighted by atomic mass is 10.1. The van der Waals surface area contributed by atoms with Crippen LogP contribution in [0.15, 0.2) is 60.8 Å². The van der Waals surface area contributed by atoms with Gasteiger partial charge in [-0.25, -0.2) is 32.6 Å². The molecule has 1 aliphatic carbocycles. The first-order chi connectivity index (χ1) is 20.2. The summed E-state index contributed by atoms with van der Waals surface area (Å²) < 4.78 is 49.1. The quantitative estimate of drug-likeness (QED) is 0.202. The van der Waals surface area contributed by atoms with Gasteiger partial charge in [0.15, 0.2) is 5.82 Å². The number of alkyl carbamates (subject to hydrolysis) is 1. The van der Waals surface area contributed by atoms with Crippen molar-refractivity contribution < 1.29 is 22.3 Å². The Morgan fingerprint density at radius 2 is 1.86 bits per heavy atom. The van der Waals surface area contributed by atoms with Crippen LogP contribution in [0.2, 0.25) is 0 Å². The molecule has 0 unspecified atom stereocenters. The van der Waals surface area contributed by atoms with Crippen LogP contribution in [-0.4, -0.2) is 54.4 Å². The lowest BCUT2D eigenvalue weighted by Gasteiger charge is -2.15. The number of benzene rings is 2. The molecule has 2 aromatic heterocycles. The first-order valence-corrected chi connectivity index (χ1v) is 15.9. The maximum absolute atomic E-state index is 16.1. The molecule has 1 fully saturated rings. The van der Waals surface area contributed by atoms with Crippen LogP contribution in [-0.2, 0) is 14.8 Å². The van der Waals surface area contributed by atoms with E-state index in [1.54, 1.807) is 31.3 Å². The number of methoxy groups -OCH3 is 1. The molecular weight excluding hydrogens is 579 g/mol. The second kappa shape index (κ2) is 12.8. The highest BCUT2D eigenvalue weighted by molar-refractivity contribution is 7.93. The van der Waals surface area contributed by atoms with Crippen molar-refractivity contribution in [3.8, 4) is 32.4 Å². The normalized spacial score (nSPS) is 14.4. The van der Waals surface area contributed by atoms with Crippen molar-refractivity contribution in [2.75, 3.05) is 23.7 Å². The summed E-state index contributed by atoms with van der Waals surface area (Å²) in [5, 5.41) is 5.89.